The van der Waals surface area contributed by atoms with Gasteiger partial charge in [0.15, 0.2) is 0 Å². The van der Waals surface area contributed by atoms with E-state index in [4.69, 9.17) is 0 Å². The number of hydrogen-bond acceptors (Lipinski definition) is 3. The van der Waals surface area contributed by atoms with E-state index >= 15 is 0 Å². The number of rotatable bonds is 7. The minimum atomic E-state index is -0.366. The second-order valence-corrected chi connectivity index (χ2v) is 5.06. The summed E-state index contributed by atoms with van der Waals surface area (Å²) in [4.78, 5) is 22.8. The Morgan fingerprint density at radius 1 is 1.00 bits per heavy atom. The average Bonchev–Trinajstić information content (AvgIpc) is 2.23. The van der Waals surface area contributed by atoms with Gasteiger partial charge in [-0.25, -0.2) is 0 Å². The van der Waals surface area contributed by atoms with E-state index in [-0.39, 0.29) is 17.2 Å². The van der Waals surface area contributed by atoms with E-state index < -0.39 is 0 Å². The molecule has 0 fully saturated rings. The van der Waals surface area contributed by atoms with E-state index in [2.05, 4.69) is 16.0 Å². The standard InChI is InChI=1S/C12H25N3O2/c1-12(2,3)11(17)15-7-5-6-10(16)14-9-8-13-4/h13H,5-9H2,1-4H3,(H,14,16)(H,15,17). The van der Waals surface area contributed by atoms with Crippen LogP contribution in [0.15, 0.2) is 0 Å². The first-order chi connectivity index (χ1) is 7.88. The highest BCUT2D eigenvalue weighted by Crippen LogP contribution is 2.12. The minimum absolute atomic E-state index is 0.0214. The molecule has 0 aliphatic carbocycles. The second-order valence-electron chi connectivity index (χ2n) is 5.06. The summed E-state index contributed by atoms with van der Waals surface area (Å²) in [6.07, 6.45) is 1.13. The summed E-state index contributed by atoms with van der Waals surface area (Å²) in [5.74, 6) is 0.0540. The van der Waals surface area contributed by atoms with E-state index in [1.165, 1.54) is 0 Å². The van der Waals surface area contributed by atoms with Crippen molar-refractivity contribution >= 4 is 11.8 Å². The van der Waals surface area contributed by atoms with Gasteiger partial charge in [-0.1, -0.05) is 20.8 Å². The van der Waals surface area contributed by atoms with Crippen LogP contribution in [0.2, 0.25) is 0 Å². The highest BCUT2D eigenvalue weighted by molar-refractivity contribution is 5.81. The molecular formula is C12H25N3O2. The third-order valence-corrected chi connectivity index (χ3v) is 2.24. The molecule has 2 amide bonds. The van der Waals surface area contributed by atoms with Gasteiger partial charge < -0.3 is 16.0 Å². The van der Waals surface area contributed by atoms with Crippen LogP contribution in [0.25, 0.3) is 0 Å². The first kappa shape index (κ1) is 15.9. The van der Waals surface area contributed by atoms with Crippen molar-refractivity contribution in [2.45, 2.75) is 33.6 Å². The van der Waals surface area contributed by atoms with Crippen LogP contribution in [0.4, 0.5) is 0 Å². The van der Waals surface area contributed by atoms with E-state index in [1.54, 1.807) is 0 Å². The minimum Gasteiger partial charge on any atom is -0.356 e. The molecule has 0 aromatic heterocycles. The monoisotopic (exact) mass is 243 g/mol. The first-order valence-corrected chi connectivity index (χ1v) is 6.07. The number of likely N-dealkylation sites (N-methyl/N-ethyl adjacent to an activating group) is 1. The topological polar surface area (TPSA) is 70.2 Å². The van der Waals surface area contributed by atoms with Crippen molar-refractivity contribution in [2.24, 2.45) is 5.41 Å². The molecule has 0 radical (unpaired) electrons. The van der Waals surface area contributed by atoms with Crippen LogP contribution in [0.5, 0.6) is 0 Å². The predicted octanol–water partition coefficient (Wildman–Crippen LogP) is 0.265. The number of hydrogen-bond donors (Lipinski definition) is 3. The van der Waals surface area contributed by atoms with E-state index in [9.17, 15) is 9.59 Å². The first-order valence-electron chi connectivity index (χ1n) is 6.07. The number of carbonyl (C=O) groups excluding carboxylic acids is 2. The van der Waals surface area contributed by atoms with Crippen LogP contribution in [-0.4, -0.2) is 38.5 Å². The molecule has 5 heteroatoms. The van der Waals surface area contributed by atoms with Gasteiger partial charge in [-0.2, -0.15) is 0 Å². The molecule has 0 spiro atoms. The lowest BCUT2D eigenvalue weighted by molar-refractivity contribution is -0.128. The van der Waals surface area contributed by atoms with Crippen molar-refractivity contribution in [2.75, 3.05) is 26.7 Å². The quantitative estimate of drug-likeness (QED) is 0.562. The van der Waals surface area contributed by atoms with Gasteiger partial charge in [-0.15, -0.1) is 0 Å². The van der Waals surface area contributed by atoms with Gasteiger partial charge in [0.05, 0.1) is 0 Å². The lowest BCUT2D eigenvalue weighted by Gasteiger charge is -2.17. The Hall–Kier alpha value is -1.10. The zero-order chi connectivity index (χ0) is 13.3. The molecule has 0 rings (SSSR count). The van der Waals surface area contributed by atoms with Crippen molar-refractivity contribution in [1.82, 2.24) is 16.0 Å². The van der Waals surface area contributed by atoms with Gasteiger partial charge in [0.1, 0.15) is 0 Å². The Labute approximate surface area is 104 Å². The Balaban J connectivity index is 3.51. The van der Waals surface area contributed by atoms with Gasteiger partial charge in [-0.3, -0.25) is 9.59 Å². The van der Waals surface area contributed by atoms with Gasteiger partial charge in [-0.05, 0) is 13.5 Å². The fraction of sp³-hybridized carbons (Fsp3) is 0.833. The fourth-order valence-electron chi connectivity index (χ4n) is 1.13. The number of nitrogens with one attached hydrogen (secondary N) is 3. The van der Waals surface area contributed by atoms with Gasteiger partial charge >= 0.3 is 0 Å². The van der Waals surface area contributed by atoms with Crippen molar-refractivity contribution in [3.63, 3.8) is 0 Å². The summed E-state index contributed by atoms with van der Waals surface area (Å²) in [7, 11) is 1.84. The lowest BCUT2D eigenvalue weighted by atomic mass is 9.96. The Morgan fingerprint density at radius 3 is 2.18 bits per heavy atom. The Bertz CT molecular complexity index is 247. The van der Waals surface area contributed by atoms with Crippen LogP contribution in [0, 0.1) is 5.41 Å². The van der Waals surface area contributed by atoms with Crippen LogP contribution < -0.4 is 16.0 Å². The van der Waals surface area contributed by atoms with Gasteiger partial charge in [0.2, 0.25) is 11.8 Å². The van der Waals surface area contributed by atoms with Crippen LogP contribution in [0.1, 0.15) is 33.6 Å². The van der Waals surface area contributed by atoms with Crippen LogP contribution in [-0.2, 0) is 9.59 Å². The Morgan fingerprint density at radius 2 is 1.65 bits per heavy atom. The fourth-order valence-corrected chi connectivity index (χ4v) is 1.13. The predicted molar refractivity (Wildman–Crippen MR) is 68.6 cm³/mol. The zero-order valence-corrected chi connectivity index (χ0v) is 11.4. The molecule has 0 unspecified atom stereocenters. The average molecular weight is 243 g/mol. The van der Waals surface area contributed by atoms with E-state index in [1.807, 2.05) is 27.8 Å². The molecule has 0 aliphatic rings. The maximum absolute atomic E-state index is 11.5. The summed E-state index contributed by atoms with van der Waals surface area (Å²) < 4.78 is 0. The van der Waals surface area contributed by atoms with Crippen LogP contribution >= 0.6 is 0 Å². The second kappa shape index (κ2) is 8.06. The molecule has 0 aromatic carbocycles. The lowest BCUT2D eigenvalue weighted by Crippen LogP contribution is -2.36. The summed E-state index contributed by atoms with van der Waals surface area (Å²) in [6.45, 7) is 7.57. The normalized spacial score (nSPS) is 11.1. The molecule has 100 valence electrons. The molecule has 0 aliphatic heterocycles. The maximum atomic E-state index is 11.5. The molecular weight excluding hydrogens is 218 g/mol. The zero-order valence-electron chi connectivity index (χ0n) is 11.4. The molecule has 0 aromatic rings. The third kappa shape index (κ3) is 8.68. The molecule has 0 atom stereocenters. The van der Waals surface area contributed by atoms with Gasteiger partial charge in [0, 0.05) is 31.5 Å². The Kier molecular flexibility index (Phi) is 7.54. The maximum Gasteiger partial charge on any atom is 0.225 e. The van der Waals surface area contributed by atoms with Crippen molar-refractivity contribution in [3.8, 4) is 0 Å². The SMILES string of the molecule is CNCCNC(=O)CCCNC(=O)C(C)(C)C. The summed E-state index contributed by atoms with van der Waals surface area (Å²) in [5, 5.41) is 8.55. The molecule has 0 saturated heterocycles. The molecule has 0 saturated carbocycles. The summed E-state index contributed by atoms with van der Waals surface area (Å²) >= 11 is 0. The van der Waals surface area contributed by atoms with Crippen molar-refractivity contribution in [1.29, 1.82) is 0 Å². The number of amides is 2. The van der Waals surface area contributed by atoms with Crippen LogP contribution in [0.3, 0.4) is 0 Å². The summed E-state index contributed by atoms with van der Waals surface area (Å²) in [6, 6.07) is 0. The molecule has 3 N–H and O–H groups in total. The number of carbonyl (C=O) groups is 2. The van der Waals surface area contributed by atoms with Crippen molar-refractivity contribution < 1.29 is 9.59 Å². The van der Waals surface area contributed by atoms with E-state index in [0.717, 1.165) is 6.54 Å². The largest absolute Gasteiger partial charge is 0.356 e. The summed E-state index contributed by atoms with van der Waals surface area (Å²) in [5.41, 5.74) is -0.366. The van der Waals surface area contributed by atoms with Gasteiger partial charge in [0.25, 0.3) is 0 Å². The molecule has 0 bridgehead atoms. The molecule has 0 heterocycles. The highest BCUT2D eigenvalue weighted by atomic mass is 16.2. The molecule has 17 heavy (non-hydrogen) atoms. The smallest absolute Gasteiger partial charge is 0.225 e. The third-order valence-electron chi connectivity index (χ3n) is 2.24. The van der Waals surface area contributed by atoms with Crippen molar-refractivity contribution in [3.05, 3.63) is 0 Å². The highest BCUT2D eigenvalue weighted by Gasteiger charge is 2.20. The van der Waals surface area contributed by atoms with E-state index in [0.29, 0.717) is 25.9 Å². The molecule has 5 nitrogen and oxygen atoms in total.